The minimum Gasteiger partial charge on any atom is -0.324 e. The van der Waals surface area contributed by atoms with E-state index in [4.69, 9.17) is 5.73 Å². The highest BCUT2D eigenvalue weighted by molar-refractivity contribution is 5.97. The predicted molar refractivity (Wildman–Crippen MR) is 39.7 cm³/mol. The number of Topliss-reactive ketones (excluding diaryl/α,β-unsaturated/α-hetero) is 1. The van der Waals surface area contributed by atoms with Gasteiger partial charge in [-0.15, -0.1) is 0 Å². The van der Waals surface area contributed by atoms with Gasteiger partial charge in [0.1, 0.15) is 11.6 Å². The Balaban J connectivity index is 3.09. The molecule has 0 aliphatic rings. The fraction of sp³-hybridized carbons (Fsp3) is 0.125. The molecule has 0 heterocycles. The van der Waals surface area contributed by atoms with Crippen molar-refractivity contribution < 1.29 is 13.6 Å². The molecule has 0 atom stereocenters. The second kappa shape index (κ2) is 3.40. The Kier molecular flexibility index (Phi) is 2.50. The summed E-state index contributed by atoms with van der Waals surface area (Å²) in [6.45, 7) is -0.275. The molecule has 12 heavy (non-hydrogen) atoms. The normalized spacial score (nSPS) is 9.92. The molecule has 1 aromatic rings. The molecule has 0 spiro atoms. The maximum Gasteiger partial charge on any atom is 0.179 e. The van der Waals surface area contributed by atoms with Crippen LogP contribution in [0.5, 0.6) is 0 Å². The van der Waals surface area contributed by atoms with Crippen LogP contribution in [-0.4, -0.2) is 12.3 Å². The third kappa shape index (κ3) is 1.65. The predicted octanol–water partition coefficient (Wildman–Crippen LogP) is 1.11. The zero-order valence-corrected chi connectivity index (χ0v) is 6.18. The number of halogens is 2. The van der Waals surface area contributed by atoms with Crippen molar-refractivity contribution in [3.63, 3.8) is 0 Å². The first-order valence-corrected chi connectivity index (χ1v) is 3.33. The van der Waals surface area contributed by atoms with Crippen LogP contribution in [0.15, 0.2) is 18.2 Å². The van der Waals surface area contributed by atoms with Gasteiger partial charge in [-0.1, -0.05) is 0 Å². The Morgan fingerprint density at radius 2 is 2.08 bits per heavy atom. The van der Waals surface area contributed by atoms with Crippen molar-refractivity contribution >= 4 is 5.78 Å². The van der Waals surface area contributed by atoms with Crippen molar-refractivity contribution in [2.75, 3.05) is 6.54 Å². The number of benzene rings is 1. The largest absolute Gasteiger partial charge is 0.324 e. The molecule has 0 aliphatic carbocycles. The first-order chi connectivity index (χ1) is 5.65. The first-order valence-electron chi connectivity index (χ1n) is 3.33. The monoisotopic (exact) mass is 171 g/mol. The van der Waals surface area contributed by atoms with E-state index in [1.165, 1.54) is 0 Å². The summed E-state index contributed by atoms with van der Waals surface area (Å²) < 4.78 is 25.1. The summed E-state index contributed by atoms with van der Waals surface area (Å²) in [6, 6.07) is 2.76. The molecule has 0 aliphatic heterocycles. The number of carbonyl (C=O) groups excluding carboxylic acids is 1. The number of hydrogen-bond acceptors (Lipinski definition) is 2. The molecular weight excluding hydrogens is 164 g/mol. The Labute approximate surface area is 68.0 Å². The molecule has 0 radical (unpaired) electrons. The fourth-order valence-electron chi connectivity index (χ4n) is 0.826. The molecule has 0 unspecified atom stereocenters. The number of rotatable bonds is 2. The summed E-state index contributed by atoms with van der Waals surface area (Å²) in [5.41, 5.74) is 4.83. The summed E-state index contributed by atoms with van der Waals surface area (Å²) in [6.07, 6.45) is 0. The molecule has 2 nitrogen and oxygen atoms in total. The Hall–Kier alpha value is -1.29. The van der Waals surface area contributed by atoms with Gasteiger partial charge in [-0.3, -0.25) is 4.79 Å². The number of carbonyl (C=O) groups is 1. The Bertz CT molecular complexity index is 312. The molecule has 0 amide bonds. The van der Waals surface area contributed by atoms with E-state index in [9.17, 15) is 13.6 Å². The number of hydrogen-bond donors (Lipinski definition) is 1. The van der Waals surface area contributed by atoms with E-state index in [0.717, 1.165) is 12.1 Å². The van der Waals surface area contributed by atoms with E-state index in [1.54, 1.807) is 0 Å². The fourth-order valence-corrected chi connectivity index (χ4v) is 0.826. The van der Waals surface area contributed by atoms with E-state index in [-0.39, 0.29) is 12.1 Å². The topological polar surface area (TPSA) is 43.1 Å². The second-order valence-electron chi connectivity index (χ2n) is 2.25. The van der Waals surface area contributed by atoms with Crippen molar-refractivity contribution in [2.45, 2.75) is 0 Å². The minimum absolute atomic E-state index is 0.168. The third-order valence-electron chi connectivity index (χ3n) is 1.42. The molecule has 0 bridgehead atoms. The lowest BCUT2D eigenvalue weighted by atomic mass is 10.1. The van der Waals surface area contributed by atoms with Gasteiger partial charge in [0, 0.05) is 6.07 Å². The van der Waals surface area contributed by atoms with Gasteiger partial charge >= 0.3 is 0 Å². The van der Waals surface area contributed by atoms with Crippen LogP contribution in [0, 0.1) is 11.6 Å². The maximum atomic E-state index is 12.8. The van der Waals surface area contributed by atoms with Crippen molar-refractivity contribution in [1.29, 1.82) is 0 Å². The van der Waals surface area contributed by atoms with E-state index in [2.05, 4.69) is 0 Å². The van der Waals surface area contributed by atoms with Crippen LogP contribution in [0.3, 0.4) is 0 Å². The molecular formula is C8H7F2NO. The van der Waals surface area contributed by atoms with Gasteiger partial charge in [0.05, 0.1) is 12.1 Å². The summed E-state index contributed by atoms with van der Waals surface area (Å²) in [5.74, 6) is -2.11. The quantitative estimate of drug-likeness (QED) is 0.677. The van der Waals surface area contributed by atoms with Gasteiger partial charge < -0.3 is 5.73 Å². The maximum absolute atomic E-state index is 12.8. The standard InChI is InChI=1S/C8H7F2NO/c9-5-1-2-6(7(10)3-5)8(12)4-11/h1-3H,4,11H2. The van der Waals surface area contributed by atoms with Crippen molar-refractivity contribution in [3.05, 3.63) is 35.4 Å². The van der Waals surface area contributed by atoms with Crippen LogP contribution in [0.1, 0.15) is 10.4 Å². The zero-order valence-electron chi connectivity index (χ0n) is 6.18. The molecule has 4 heteroatoms. The highest BCUT2D eigenvalue weighted by Gasteiger charge is 2.09. The van der Waals surface area contributed by atoms with E-state index >= 15 is 0 Å². The van der Waals surface area contributed by atoms with Gasteiger partial charge in [0.2, 0.25) is 0 Å². The van der Waals surface area contributed by atoms with Crippen molar-refractivity contribution in [1.82, 2.24) is 0 Å². The number of ketones is 1. The number of nitrogens with two attached hydrogens (primary N) is 1. The lowest BCUT2D eigenvalue weighted by Gasteiger charge is -1.98. The highest BCUT2D eigenvalue weighted by Crippen LogP contribution is 2.09. The highest BCUT2D eigenvalue weighted by atomic mass is 19.1. The molecule has 0 fully saturated rings. The lowest BCUT2D eigenvalue weighted by molar-refractivity contribution is 0.0997. The summed E-state index contributed by atoms with van der Waals surface area (Å²) >= 11 is 0. The van der Waals surface area contributed by atoms with Crippen molar-refractivity contribution in [3.8, 4) is 0 Å². The van der Waals surface area contributed by atoms with Gasteiger partial charge in [0.15, 0.2) is 5.78 Å². The summed E-state index contributed by atoms with van der Waals surface area (Å²) in [7, 11) is 0. The van der Waals surface area contributed by atoms with Gasteiger partial charge in [-0.2, -0.15) is 0 Å². The van der Waals surface area contributed by atoms with Gasteiger partial charge in [0.25, 0.3) is 0 Å². The van der Waals surface area contributed by atoms with Crippen molar-refractivity contribution in [2.24, 2.45) is 5.73 Å². The lowest BCUT2D eigenvalue weighted by Crippen LogP contribution is -2.15. The average molecular weight is 171 g/mol. The summed E-state index contributed by atoms with van der Waals surface area (Å²) in [5, 5.41) is 0. The smallest absolute Gasteiger partial charge is 0.179 e. The Morgan fingerprint density at radius 1 is 1.42 bits per heavy atom. The van der Waals surface area contributed by atoms with Crippen LogP contribution in [-0.2, 0) is 0 Å². The molecule has 1 aromatic carbocycles. The van der Waals surface area contributed by atoms with Crippen LogP contribution >= 0.6 is 0 Å². The van der Waals surface area contributed by atoms with Gasteiger partial charge in [-0.05, 0) is 12.1 Å². The minimum atomic E-state index is -0.870. The SMILES string of the molecule is NCC(=O)c1ccc(F)cc1F. The zero-order chi connectivity index (χ0) is 9.14. The molecule has 0 aromatic heterocycles. The van der Waals surface area contributed by atoms with Gasteiger partial charge in [-0.25, -0.2) is 8.78 Å². The Morgan fingerprint density at radius 3 is 2.58 bits per heavy atom. The average Bonchev–Trinajstić information content (AvgIpc) is 2.03. The molecule has 0 saturated heterocycles. The summed E-state index contributed by atoms with van der Waals surface area (Å²) in [4.78, 5) is 10.9. The molecule has 2 N–H and O–H groups in total. The molecule has 64 valence electrons. The van der Waals surface area contributed by atoms with Crippen LogP contribution in [0.2, 0.25) is 0 Å². The molecule has 1 rings (SSSR count). The molecule has 0 saturated carbocycles. The van der Waals surface area contributed by atoms with E-state index in [0.29, 0.717) is 6.07 Å². The van der Waals surface area contributed by atoms with E-state index < -0.39 is 17.4 Å². The van der Waals surface area contributed by atoms with Crippen LogP contribution in [0.4, 0.5) is 8.78 Å². The second-order valence-corrected chi connectivity index (χ2v) is 2.25. The van der Waals surface area contributed by atoms with E-state index in [1.807, 2.05) is 0 Å². The first kappa shape index (κ1) is 8.80. The van der Waals surface area contributed by atoms with Crippen LogP contribution in [0.25, 0.3) is 0 Å². The third-order valence-corrected chi connectivity index (χ3v) is 1.42. The van der Waals surface area contributed by atoms with Crippen LogP contribution < -0.4 is 5.73 Å².